The van der Waals surface area contributed by atoms with Crippen molar-refractivity contribution in [3.05, 3.63) is 0 Å². The summed E-state index contributed by atoms with van der Waals surface area (Å²) in [6.45, 7) is 8.70. The van der Waals surface area contributed by atoms with Crippen LogP contribution >= 0.6 is 0 Å². The van der Waals surface area contributed by atoms with Crippen molar-refractivity contribution >= 4 is 5.91 Å². The minimum atomic E-state index is 0.0845. The highest BCUT2D eigenvalue weighted by Gasteiger charge is 2.15. The zero-order chi connectivity index (χ0) is 11.0. The molecule has 0 aliphatic carbocycles. The monoisotopic (exact) mass is 201 g/mol. The van der Waals surface area contributed by atoms with E-state index in [1.807, 2.05) is 6.92 Å². The minimum absolute atomic E-state index is 0.0845. The van der Waals surface area contributed by atoms with Crippen molar-refractivity contribution in [1.29, 1.82) is 0 Å². The van der Waals surface area contributed by atoms with Gasteiger partial charge < -0.3 is 11.1 Å². The topological polar surface area (TPSA) is 58.4 Å². The van der Waals surface area contributed by atoms with Crippen LogP contribution in [0, 0.1) is 0 Å². The molecule has 0 radical (unpaired) electrons. The molecule has 4 heteroatoms. The molecule has 84 valence electrons. The molecule has 0 heterocycles. The molecule has 0 aliphatic rings. The van der Waals surface area contributed by atoms with Gasteiger partial charge in [0.25, 0.3) is 0 Å². The minimum Gasteiger partial charge on any atom is -0.355 e. The van der Waals surface area contributed by atoms with Crippen LogP contribution in [0.5, 0.6) is 0 Å². The summed E-state index contributed by atoms with van der Waals surface area (Å²) >= 11 is 0. The first-order chi connectivity index (χ1) is 6.69. The smallest absolute Gasteiger partial charge is 0.234 e. The van der Waals surface area contributed by atoms with Crippen molar-refractivity contribution in [2.75, 3.05) is 26.2 Å². The summed E-state index contributed by atoms with van der Waals surface area (Å²) in [6.07, 6.45) is 0.990. The fourth-order valence-corrected chi connectivity index (χ4v) is 1.51. The highest BCUT2D eigenvalue weighted by atomic mass is 16.2. The fourth-order valence-electron chi connectivity index (χ4n) is 1.51. The van der Waals surface area contributed by atoms with Gasteiger partial charge in [-0.05, 0) is 19.9 Å². The molecular weight excluding hydrogens is 178 g/mol. The second-order valence-electron chi connectivity index (χ2n) is 3.31. The van der Waals surface area contributed by atoms with Gasteiger partial charge in [0.1, 0.15) is 0 Å². The van der Waals surface area contributed by atoms with Crippen molar-refractivity contribution in [2.24, 2.45) is 5.73 Å². The van der Waals surface area contributed by atoms with Crippen molar-refractivity contribution in [3.8, 4) is 0 Å². The molecule has 4 nitrogen and oxygen atoms in total. The molecule has 0 rings (SSSR count). The maximum Gasteiger partial charge on any atom is 0.234 e. The lowest BCUT2D eigenvalue weighted by atomic mass is 10.2. The SMILES string of the molecule is CCNC(=O)CN(CC)C(CC)CN. The van der Waals surface area contributed by atoms with E-state index in [2.05, 4.69) is 24.1 Å². The third kappa shape index (κ3) is 4.58. The van der Waals surface area contributed by atoms with Crippen LogP contribution < -0.4 is 11.1 Å². The van der Waals surface area contributed by atoms with Crippen molar-refractivity contribution in [1.82, 2.24) is 10.2 Å². The van der Waals surface area contributed by atoms with E-state index in [1.54, 1.807) is 0 Å². The van der Waals surface area contributed by atoms with Crippen LogP contribution in [0.25, 0.3) is 0 Å². The van der Waals surface area contributed by atoms with Gasteiger partial charge in [0.15, 0.2) is 0 Å². The van der Waals surface area contributed by atoms with Gasteiger partial charge >= 0.3 is 0 Å². The Morgan fingerprint density at radius 2 is 2.07 bits per heavy atom. The lowest BCUT2D eigenvalue weighted by Gasteiger charge is -2.28. The van der Waals surface area contributed by atoms with E-state index < -0.39 is 0 Å². The Morgan fingerprint density at radius 3 is 2.43 bits per heavy atom. The first kappa shape index (κ1) is 13.4. The Balaban J connectivity index is 4.05. The normalized spacial score (nSPS) is 12.9. The summed E-state index contributed by atoms with van der Waals surface area (Å²) < 4.78 is 0. The number of hydrogen-bond donors (Lipinski definition) is 2. The lowest BCUT2D eigenvalue weighted by Crippen LogP contribution is -2.45. The van der Waals surface area contributed by atoms with Gasteiger partial charge in [-0.15, -0.1) is 0 Å². The van der Waals surface area contributed by atoms with E-state index in [1.165, 1.54) is 0 Å². The van der Waals surface area contributed by atoms with Gasteiger partial charge in [-0.25, -0.2) is 0 Å². The third-order valence-electron chi connectivity index (χ3n) is 2.39. The summed E-state index contributed by atoms with van der Waals surface area (Å²) in [4.78, 5) is 13.5. The second-order valence-corrected chi connectivity index (χ2v) is 3.31. The summed E-state index contributed by atoms with van der Waals surface area (Å²) in [6, 6.07) is 0.322. The molecule has 0 aromatic carbocycles. The zero-order valence-electron chi connectivity index (χ0n) is 9.55. The van der Waals surface area contributed by atoms with Crippen LogP contribution in [-0.2, 0) is 4.79 Å². The molecule has 0 saturated carbocycles. The van der Waals surface area contributed by atoms with E-state index in [0.717, 1.165) is 13.0 Å². The van der Waals surface area contributed by atoms with E-state index in [9.17, 15) is 4.79 Å². The van der Waals surface area contributed by atoms with Crippen LogP contribution in [0.2, 0.25) is 0 Å². The Bertz CT molecular complexity index is 157. The summed E-state index contributed by atoms with van der Waals surface area (Å²) in [5.41, 5.74) is 5.64. The summed E-state index contributed by atoms with van der Waals surface area (Å²) in [5.74, 6) is 0.0845. The summed E-state index contributed by atoms with van der Waals surface area (Å²) in [7, 11) is 0. The van der Waals surface area contributed by atoms with Crippen molar-refractivity contribution in [2.45, 2.75) is 33.2 Å². The zero-order valence-corrected chi connectivity index (χ0v) is 9.55. The maximum absolute atomic E-state index is 11.4. The number of nitrogens with two attached hydrogens (primary N) is 1. The molecule has 14 heavy (non-hydrogen) atoms. The molecule has 0 aliphatic heterocycles. The number of carbonyl (C=O) groups is 1. The van der Waals surface area contributed by atoms with Crippen LogP contribution in [0.4, 0.5) is 0 Å². The molecule has 3 N–H and O–H groups in total. The highest BCUT2D eigenvalue weighted by Crippen LogP contribution is 2.01. The van der Waals surface area contributed by atoms with Crippen LogP contribution in [-0.4, -0.2) is 43.0 Å². The third-order valence-corrected chi connectivity index (χ3v) is 2.39. The predicted molar refractivity (Wildman–Crippen MR) is 59.1 cm³/mol. The quantitative estimate of drug-likeness (QED) is 0.618. The van der Waals surface area contributed by atoms with Crippen LogP contribution in [0.1, 0.15) is 27.2 Å². The molecule has 0 spiro atoms. The number of nitrogens with one attached hydrogen (secondary N) is 1. The molecule has 0 bridgehead atoms. The first-order valence-corrected chi connectivity index (χ1v) is 5.40. The Morgan fingerprint density at radius 1 is 1.43 bits per heavy atom. The second kappa shape index (κ2) is 7.76. The van der Waals surface area contributed by atoms with E-state index in [0.29, 0.717) is 25.7 Å². The number of hydrogen-bond acceptors (Lipinski definition) is 3. The fraction of sp³-hybridized carbons (Fsp3) is 0.900. The number of carbonyl (C=O) groups excluding carboxylic acids is 1. The largest absolute Gasteiger partial charge is 0.355 e. The van der Waals surface area contributed by atoms with Crippen molar-refractivity contribution < 1.29 is 4.79 Å². The predicted octanol–water partition coefficient (Wildman–Crippen LogP) is 0.182. The van der Waals surface area contributed by atoms with Crippen molar-refractivity contribution in [3.63, 3.8) is 0 Å². The van der Waals surface area contributed by atoms with E-state index in [4.69, 9.17) is 5.73 Å². The molecule has 0 aromatic heterocycles. The number of nitrogens with zero attached hydrogens (tertiary/aromatic N) is 1. The highest BCUT2D eigenvalue weighted by molar-refractivity contribution is 5.77. The Hall–Kier alpha value is -0.610. The van der Waals surface area contributed by atoms with Crippen LogP contribution in [0.3, 0.4) is 0 Å². The van der Waals surface area contributed by atoms with Crippen LogP contribution in [0.15, 0.2) is 0 Å². The molecular formula is C10H23N3O. The molecule has 0 fully saturated rings. The van der Waals surface area contributed by atoms with Gasteiger partial charge in [0, 0.05) is 19.1 Å². The Labute approximate surface area is 86.8 Å². The average Bonchev–Trinajstić information content (AvgIpc) is 2.18. The number of amides is 1. The Kier molecular flexibility index (Phi) is 7.42. The van der Waals surface area contributed by atoms with Gasteiger partial charge in [-0.3, -0.25) is 9.69 Å². The average molecular weight is 201 g/mol. The molecule has 0 saturated heterocycles. The van der Waals surface area contributed by atoms with E-state index >= 15 is 0 Å². The molecule has 1 atom stereocenters. The van der Waals surface area contributed by atoms with Gasteiger partial charge in [0.2, 0.25) is 5.91 Å². The van der Waals surface area contributed by atoms with Gasteiger partial charge in [0.05, 0.1) is 6.54 Å². The van der Waals surface area contributed by atoms with Gasteiger partial charge in [-0.2, -0.15) is 0 Å². The van der Waals surface area contributed by atoms with E-state index in [-0.39, 0.29) is 5.91 Å². The maximum atomic E-state index is 11.4. The number of rotatable bonds is 7. The molecule has 1 unspecified atom stereocenters. The summed E-state index contributed by atoms with van der Waals surface area (Å²) in [5, 5.41) is 2.79. The number of likely N-dealkylation sites (N-methyl/N-ethyl adjacent to an activating group) is 2. The van der Waals surface area contributed by atoms with Gasteiger partial charge in [-0.1, -0.05) is 13.8 Å². The first-order valence-electron chi connectivity index (χ1n) is 5.40. The molecule has 0 aromatic rings. The molecule has 1 amide bonds. The lowest BCUT2D eigenvalue weighted by molar-refractivity contribution is -0.122. The standard InChI is InChI=1S/C10H23N3O/c1-4-9(7-11)13(6-3)8-10(14)12-5-2/h9H,4-8,11H2,1-3H3,(H,12,14).